The van der Waals surface area contributed by atoms with Crippen LogP contribution in [0.4, 0.5) is 10.1 Å². The zero-order chi connectivity index (χ0) is 14.0. The van der Waals surface area contributed by atoms with E-state index in [-0.39, 0.29) is 16.5 Å². The van der Waals surface area contributed by atoms with Crippen LogP contribution in [0.25, 0.3) is 0 Å². The molecule has 0 aliphatic rings. The molecule has 0 saturated heterocycles. The van der Waals surface area contributed by atoms with Gasteiger partial charge in [-0.3, -0.25) is 4.79 Å². The SMILES string of the molecule is Cc1cc(Br)cc(NC(=O)c2ccc(F)cc2Cl)c1. The first-order valence-electron chi connectivity index (χ1n) is 5.49. The van der Waals surface area contributed by atoms with Gasteiger partial charge in [-0.2, -0.15) is 0 Å². The van der Waals surface area contributed by atoms with Gasteiger partial charge in [-0.15, -0.1) is 0 Å². The summed E-state index contributed by atoms with van der Waals surface area (Å²) in [5.74, 6) is -0.845. The zero-order valence-electron chi connectivity index (χ0n) is 10.0. The standard InChI is InChI=1S/C14H10BrClFNO/c1-8-4-9(15)6-11(5-8)18-14(19)12-3-2-10(17)7-13(12)16/h2-7H,1H3,(H,18,19). The third-order valence-corrected chi connectivity index (χ3v) is 3.25. The van der Waals surface area contributed by atoms with Crippen LogP contribution in [-0.4, -0.2) is 5.91 Å². The second kappa shape index (κ2) is 5.72. The van der Waals surface area contributed by atoms with Crippen LogP contribution in [0.3, 0.4) is 0 Å². The van der Waals surface area contributed by atoms with E-state index in [1.54, 1.807) is 6.07 Å². The number of hydrogen-bond donors (Lipinski definition) is 1. The number of anilines is 1. The molecule has 0 aliphatic carbocycles. The summed E-state index contributed by atoms with van der Waals surface area (Å²) in [5.41, 5.74) is 1.90. The van der Waals surface area contributed by atoms with E-state index >= 15 is 0 Å². The lowest BCUT2D eigenvalue weighted by atomic mass is 10.2. The summed E-state index contributed by atoms with van der Waals surface area (Å²) in [6.45, 7) is 1.92. The quantitative estimate of drug-likeness (QED) is 0.834. The molecule has 0 bridgehead atoms. The van der Waals surface area contributed by atoms with Crippen molar-refractivity contribution >= 4 is 39.1 Å². The van der Waals surface area contributed by atoms with Crippen LogP contribution in [0.15, 0.2) is 40.9 Å². The number of benzene rings is 2. The fraction of sp³-hybridized carbons (Fsp3) is 0.0714. The summed E-state index contributed by atoms with van der Waals surface area (Å²) in [7, 11) is 0. The van der Waals surface area contributed by atoms with Crippen molar-refractivity contribution in [2.24, 2.45) is 0 Å². The Morgan fingerprint density at radius 1 is 1.26 bits per heavy atom. The molecule has 0 aliphatic heterocycles. The van der Waals surface area contributed by atoms with E-state index in [1.807, 2.05) is 19.1 Å². The molecule has 1 N–H and O–H groups in total. The Hall–Kier alpha value is -1.39. The van der Waals surface area contributed by atoms with E-state index in [2.05, 4.69) is 21.2 Å². The Morgan fingerprint density at radius 3 is 2.63 bits per heavy atom. The van der Waals surface area contributed by atoms with E-state index in [1.165, 1.54) is 12.1 Å². The molecule has 1 amide bonds. The minimum absolute atomic E-state index is 0.0872. The van der Waals surface area contributed by atoms with E-state index in [0.717, 1.165) is 16.1 Å². The number of carbonyl (C=O) groups excluding carboxylic acids is 1. The van der Waals surface area contributed by atoms with Crippen molar-refractivity contribution in [3.8, 4) is 0 Å². The lowest BCUT2D eigenvalue weighted by Crippen LogP contribution is -2.12. The molecule has 0 atom stereocenters. The molecule has 2 rings (SSSR count). The predicted molar refractivity (Wildman–Crippen MR) is 78.2 cm³/mol. The molecule has 2 aromatic carbocycles. The minimum Gasteiger partial charge on any atom is -0.322 e. The van der Waals surface area contributed by atoms with E-state index in [4.69, 9.17) is 11.6 Å². The Labute approximate surface area is 123 Å². The number of aryl methyl sites for hydroxylation is 1. The highest BCUT2D eigenvalue weighted by molar-refractivity contribution is 9.10. The van der Waals surface area contributed by atoms with Crippen molar-refractivity contribution in [2.75, 3.05) is 5.32 Å². The van der Waals surface area contributed by atoms with Crippen molar-refractivity contribution < 1.29 is 9.18 Å². The molecular weight excluding hydrogens is 333 g/mol. The third-order valence-electron chi connectivity index (χ3n) is 2.48. The fourth-order valence-corrected chi connectivity index (χ4v) is 2.54. The Morgan fingerprint density at radius 2 is 2.00 bits per heavy atom. The molecule has 98 valence electrons. The lowest BCUT2D eigenvalue weighted by molar-refractivity contribution is 0.102. The maximum Gasteiger partial charge on any atom is 0.257 e. The van der Waals surface area contributed by atoms with E-state index in [9.17, 15) is 9.18 Å². The maximum atomic E-state index is 12.9. The van der Waals surface area contributed by atoms with Crippen LogP contribution in [0, 0.1) is 12.7 Å². The van der Waals surface area contributed by atoms with Gasteiger partial charge in [0.05, 0.1) is 10.6 Å². The van der Waals surface area contributed by atoms with Crippen molar-refractivity contribution in [1.29, 1.82) is 0 Å². The van der Waals surface area contributed by atoms with Crippen LogP contribution in [0.2, 0.25) is 5.02 Å². The summed E-state index contributed by atoms with van der Waals surface area (Å²) in [6, 6.07) is 9.22. The van der Waals surface area contributed by atoms with Crippen LogP contribution in [0.1, 0.15) is 15.9 Å². The van der Waals surface area contributed by atoms with Crippen molar-refractivity contribution in [1.82, 2.24) is 0 Å². The van der Waals surface area contributed by atoms with E-state index in [0.29, 0.717) is 5.69 Å². The van der Waals surface area contributed by atoms with Crippen LogP contribution in [0.5, 0.6) is 0 Å². The highest BCUT2D eigenvalue weighted by Crippen LogP contribution is 2.22. The molecule has 0 heterocycles. The van der Waals surface area contributed by atoms with Crippen molar-refractivity contribution in [3.05, 3.63) is 62.8 Å². The van der Waals surface area contributed by atoms with Gasteiger partial charge in [0.15, 0.2) is 0 Å². The number of amides is 1. The van der Waals surface area contributed by atoms with Crippen LogP contribution >= 0.6 is 27.5 Å². The number of nitrogens with one attached hydrogen (secondary N) is 1. The number of rotatable bonds is 2. The highest BCUT2D eigenvalue weighted by atomic mass is 79.9. The Balaban J connectivity index is 2.25. The smallest absolute Gasteiger partial charge is 0.257 e. The van der Waals surface area contributed by atoms with Gasteiger partial charge in [0, 0.05) is 10.2 Å². The maximum absolute atomic E-state index is 12.9. The van der Waals surface area contributed by atoms with Crippen molar-refractivity contribution in [3.63, 3.8) is 0 Å². The number of carbonyl (C=O) groups is 1. The normalized spacial score (nSPS) is 10.3. The lowest BCUT2D eigenvalue weighted by Gasteiger charge is -2.08. The van der Waals surface area contributed by atoms with Gasteiger partial charge in [-0.1, -0.05) is 27.5 Å². The third kappa shape index (κ3) is 3.55. The van der Waals surface area contributed by atoms with Crippen LogP contribution in [-0.2, 0) is 0 Å². The molecule has 2 aromatic rings. The summed E-state index contributed by atoms with van der Waals surface area (Å²) in [6.07, 6.45) is 0. The monoisotopic (exact) mass is 341 g/mol. The van der Waals surface area contributed by atoms with Gasteiger partial charge in [0.2, 0.25) is 0 Å². The molecule has 0 saturated carbocycles. The average Bonchev–Trinajstić information content (AvgIpc) is 2.26. The first kappa shape index (κ1) is 14.0. The minimum atomic E-state index is -0.472. The second-order valence-electron chi connectivity index (χ2n) is 4.10. The predicted octanol–water partition coefficient (Wildman–Crippen LogP) is 4.80. The van der Waals surface area contributed by atoms with Gasteiger partial charge < -0.3 is 5.32 Å². The second-order valence-corrected chi connectivity index (χ2v) is 5.42. The molecule has 0 unspecified atom stereocenters. The van der Waals surface area contributed by atoms with E-state index < -0.39 is 5.82 Å². The van der Waals surface area contributed by atoms with Gasteiger partial charge >= 0.3 is 0 Å². The molecule has 0 radical (unpaired) electrons. The van der Waals surface area contributed by atoms with Gasteiger partial charge in [-0.25, -0.2) is 4.39 Å². The molecule has 0 fully saturated rings. The van der Waals surface area contributed by atoms with Gasteiger partial charge in [-0.05, 0) is 48.9 Å². The summed E-state index contributed by atoms with van der Waals surface area (Å²) in [5, 5.41) is 2.81. The fourth-order valence-electron chi connectivity index (χ4n) is 1.68. The topological polar surface area (TPSA) is 29.1 Å². The Bertz CT molecular complexity index is 625. The highest BCUT2D eigenvalue weighted by Gasteiger charge is 2.11. The molecule has 19 heavy (non-hydrogen) atoms. The van der Waals surface area contributed by atoms with Gasteiger partial charge in [0.25, 0.3) is 5.91 Å². The molecule has 0 aromatic heterocycles. The summed E-state index contributed by atoms with van der Waals surface area (Å²) >= 11 is 9.20. The number of hydrogen-bond acceptors (Lipinski definition) is 1. The zero-order valence-corrected chi connectivity index (χ0v) is 12.3. The summed E-state index contributed by atoms with van der Waals surface area (Å²) < 4.78 is 13.8. The Kier molecular flexibility index (Phi) is 4.22. The largest absolute Gasteiger partial charge is 0.322 e. The first-order chi connectivity index (χ1) is 8.95. The van der Waals surface area contributed by atoms with Crippen LogP contribution < -0.4 is 5.32 Å². The average molecular weight is 343 g/mol. The number of halogens is 3. The molecular formula is C14H10BrClFNO. The van der Waals surface area contributed by atoms with Gasteiger partial charge in [0.1, 0.15) is 5.82 Å². The molecule has 5 heteroatoms. The molecule has 2 nitrogen and oxygen atoms in total. The first-order valence-corrected chi connectivity index (χ1v) is 6.66. The molecule has 0 spiro atoms. The van der Waals surface area contributed by atoms with Crippen molar-refractivity contribution in [2.45, 2.75) is 6.92 Å². The summed E-state index contributed by atoms with van der Waals surface area (Å²) in [4.78, 5) is 12.0.